The van der Waals surface area contributed by atoms with Gasteiger partial charge in [0.25, 0.3) is 0 Å². The lowest BCUT2D eigenvalue weighted by atomic mass is 10.2. The Kier molecular flexibility index (Phi) is 6.87. The van der Waals surface area contributed by atoms with Crippen LogP contribution in [0.15, 0.2) is 66.4 Å². The van der Waals surface area contributed by atoms with Crippen LogP contribution in [-0.2, 0) is 16.1 Å². The first-order valence-corrected chi connectivity index (χ1v) is 7.54. The summed E-state index contributed by atoms with van der Waals surface area (Å²) in [7, 11) is 0. The second-order valence-corrected chi connectivity index (χ2v) is 4.88. The Balaban J connectivity index is 1.81. The summed E-state index contributed by atoms with van der Waals surface area (Å²) in [6, 6.07) is 12.4. The number of nitrogens with zero attached hydrogens (tertiary/aromatic N) is 2. The standard InChI is InChI=1S/C18H18N4O3/c1-2-10-25-16-8-5-6-14(11-16)12-21-22-18(24)17(23)20-13-15-7-3-4-9-19-15/h2-9,11-12H,1,10,13H2,(H,20,23)(H,22,24). The van der Waals surface area contributed by atoms with Gasteiger partial charge in [0.05, 0.1) is 18.5 Å². The molecule has 0 fully saturated rings. The van der Waals surface area contributed by atoms with Gasteiger partial charge in [-0.05, 0) is 29.8 Å². The Hall–Kier alpha value is -3.48. The SMILES string of the molecule is C=CCOc1cccc(C=NNC(=O)C(=O)NCc2ccccn2)c1. The number of hydrogen-bond acceptors (Lipinski definition) is 5. The van der Waals surface area contributed by atoms with Crippen LogP contribution in [0.3, 0.4) is 0 Å². The van der Waals surface area contributed by atoms with Crippen molar-refractivity contribution >= 4 is 18.0 Å². The molecule has 0 saturated heterocycles. The maximum Gasteiger partial charge on any atom is 0.329 e. The largest absolute Gasteiger partial charge is 0.490 e. The molecule has 2 aromatic rings. The van der Waals surface area contributed by atoms with E-state index in [-0.39, 0.29) is 6.54 Å². The molecule has 0 bridgehead atoms. The second kappa shape index (κ2) is 9.61. The molecule has 0 saturated carbocycles. The van der Waals surface area contributed by atoms with E-state index in [0.717, 1.165) is 5.56 Å². The minimum absolute atomic E-state index is 0.166. The third-order valence-corrected chi connectivity index (χ3v) is 2.97. The Bertz CT molecular complexity index is 760. The Morgan fingerprint density at radius 3 is 2.84 bits per heavy atom. The highest BCUT2D eigenvalue weighted by Crippen LogP contribution is 2.11. The summed E-state index contributed by atoms with van der Waals surface area (Å²) < 4.78 is 5.40. The van der Waals surface area contributed by atoms with Gasteiger partial charge in [-0.1, -0.05) is 30.9 Å². The predicted octanol–water partition coefficient (Wildman–Crippen LogP) is 1.41. The highest BCUT2D eigenvalue weighted by Gasteiger charge is 2.11. The fourth-order valence-electron chi connectivity index (χ4n) is 1.81. The summed E-state index contributed by atoms with van der Waals surface area (Å²) in [5.74, 6) is -0.986. The minimum atomic E-state index is -0.855. The molecule has 0 unspecified atom stereocenters. The van der Waals surface area contributed by atoms with Gasteiger partial charge in [0.15, 0.2) is 0 Å². The molecule has 0 spiro atoms. The number of pyridine rings is 1. The topological polar surface area (TPSA) is 92.7 Å². The summed E-state index contributed by atoms with van der Waals surface area (Å²) in [4.78, 5) is 27.4. The number of aromatic nitrogens is 1. The molecular formula is C18H18N4O3. The first-order chi connectivity index (χ1) is 12.2. The normalized spacial score (nSPS) is 10.2. The van der Waals surface area contributed by atoms with Crippen molar-refractivity contribution in [3.8, 4) is 5.75 Å². The molecule has 2 rings (SSSR count). The fourth-order valence-corrected chi connectivity index (χ4v) is 1.81. The van der Waals surface area contributed by atoms with E-state index in [1.165, 1.54) is 6.21 Å². The van der Waals surface area contributed by atoms with Gasteiger partial charge in [-0.15, -0.1) is 0 Å². The zero-order valence-electron chi connectivity index (χ0n) is 13.5. The molecule has 0 aliphatic heterocycles. The summed E-state index contributed by atoms with van der Waals surface area (Å²) >= 11 is 0. The third kappa shape index (κ3) is 6.26. The van der Waals surface area contributed by atoms with E-state index in [1.54, 1.807) is 54.7 Å². The van der Waals surface area contributed by atoms with Crippen LogP contribution in [0.5, 0.6) is 5.75 Å². The number of ether oxygens (including phenoxy) is 1. The van der Waals surface area contributed by atoms with E-state index in [9.17, 15) is 9.59 Å². The molecule has 0 radical (unpaired) electrons. The monoisotopic (exact) mass is 338 g/mol. The number of amides is 2. The lowest BCUT2D eigenvalue weighted by Crippen LogP contribution is -2.37. The van der Waals surface area contributed by atoms with Crippen molar-refractivity contribution in [3.63, 3.8) is 0 Å². The van der Waals surface area contributed by atoms with Crippen molar-refractivity contribution in [2.45, 2.75) is 6.54 Å². The number of nitrogens with one attached hydrogen (secondary N) is 2. The smallest absolute Gasteiger partial charge is 0.329 e. The summed E-state index contributed by atoms with van der Waals surface area (Å²) in [5.41, 5.74) is 3.55. The van der Waals surface area contributed by atoms with Crippen LogP contribution in [0.4, 0.5) is 0 Å². The first kappa shape index (κ1) is 17.9. The Morgan fingerprint density at radius 2 is 2.08 bits per heavy atom. The maximum absolute atomic E-state index is 11.7. The Labute approximate surface area is 145 Å². The van der Waals surface area contributed by atoms with Crippen LogP contribution in [-0.4, -0.2) is 29.6 Å². The predicted molar refractivity (Wildman–Crippen MR) is 94.0 cm³/mol. The highest BCUT2D eigenvalue weighted by molar-refractivity contribution is 6.35. The summed E-state index contributed by atoms with van der Waals surface area (Å²) in [6.45, 7) is 4.14. The van der Waals surface area contributed by atoms with Crippen molar-refractivity contribution in [1.82, 2.24) is 15.7 Å². The van der Waals surface area contributed by atoms with Crippen LogP contribution in [0, 0.1) is 0 Å². The van der Waals surface area contributed by atoms with Gasteiger partial charge in [0.1, 0.15) is 12.4 Å². The zero-order chi connectivity index (χ0) is 17.9. The van der Waals surface area contributed by atoms with Gasteiger partial charge in [-0.3, -0.25) is 14.6 Å². The maximum atomic E-state index is 11.7. The van der Waals surface area contributed by atoms with Gasteiger partial charge in [0.2, 0.25) is 0 Å². The van der Waals surface area contributed by atoms with Gasteiger partial charge in [0, 0.05) is 6.20 Å². The van der Waals surface area contributed by atoms with Crippen LogP contribution in [0.2, 0.25) is 0 Å². The number of hydrazone groups is 1. The fraction of sp³-hybridized carbons (Fsp3) is 0.111. The van der Waals surface area contributed by atoms with Gasteiger partial charge in [-0.2, -0.15) is 5.10 Å². The molecule has 2 N–H and O–H groups in total. The number of hydrogen-bond donors (Lipinski definition) is 2. The third-order valence-electron chi connectivity index (χ3n) is 2.97. The van der Waals surface area contributed by atoms with Crippen LogP contribution < -0.4 is 15.5 Å². The molecule has 25 heavy (non-hydrogen) atoms. The van der Waals surface area contributed by atoms with E-state index >= 15 is 0 Å². The zero-order valence-corrected chi connectivity index (χ0v) is 13.5. The number of benzene rings is 1. The Morgan fingerprint density at radius 1 is 1.20 bits per heavy atom. The molecule has 0 atom stereocenters. The molecule has 7 nitrogen and oxygen atoms in total. The highest BCUT2D eigenvalue weighted by atomic mass is 16.5. The van der Waals surface area contributed by atoms with Crippen molar-refractivity contribution in [2.24, 2.45) is 5.10 Å². The molecule has 2 amide bonds. The van der Waals surface area contributed by atoms with Gasteiger partial charge in [-0.25, -0.2) is 5.43 Å². The molecule has 0 aliphatic rings. The average molecular weight is 338 g/mol. The first-order valence-electron chi connectivity index (χ1n) is 7.54. The van der Waals surface area contributed by atoms with E-state index in [0.29, 0.717) is 18.1 Å². The average Bonchev–Trinajstić information content (AvgIpc) is 2.65. The van der Waals surface area contributed by atoms with E-state index in [2.05, 4.69) is 27.4 Å². The quantitative estimate of drug-likeness (QED) is 0.345. The molecular weight excluding hydrogens is 320 g/mol. The lowest BCUT2D eigenvalue weighted by Gasteiger charge is -2.04. The van der Waals surface area contributed by atoms with Crippen molar-refractivity contribution in [2.75, 3.05) is 6.61 Å². The summed E-state index contributed by atoms with van der Waals surface area (Å²) in [5, 5.41) is 6.23. The summed E-state index contributed by atoms with van der Waals surface area (Å²) in [6.07, 6.45) is 4.67. The number of carbonyl (C=O) groups is 2. The number of rotatable bonds is 7. The van der Waals surface area contributed by atoms with E-state index in [4.69, 9.17) is 4.74 Å². The molecule has 0 aliphatic carbocycles. The molecule has 1 aromatic heterocycles. The lowest BCUT2D eigenvalue weighted by molar-refractivity contribution is -0.139. The van der Waals surface area contributed by atoms with Gasteiger partial charge >= 0.3 is 11.8 Å². The van der Waals surface area contributed by atoms with Crippen LogP contribution in [0.25, 0.3) is 0 Å². The molecule has 1 aromatic carbocycles. The second-order valence-electron chi connectivity index (χ2n) is 4.88. The molecule has 128 valence electrons. The van der Waals surface area contributed by atoms with Crippen molar-refractivity contribution < 1.29 is 14.3 Å². The van der Waals surface area contributed by atoms with Gasteiger partial charge < -0.3 is 10.1 Å². The molecule has 1 heterocycles. The molecule has 7 heteroatoms. The minimum Gasteiger partial charge on any atom is -0.490 e. The number of carbonyl (C=O) groups excluding carboxylic acids is 2. The van der Waals surface area contributed by atoms with Crippen LogP contribution >= 0.6 is 0 Å². The van der Waals surface area contributed by atoms with Crippen molar-refractivity contribution in [1.29, 1.82) is 0 Å². The van der Waals surface area contributed by atoms with Crippen molar-refractivity contribution in [3.05, 3.63) is 72.6 Å². The van der Waals surface area contributed by atoms with E-state index in [1.807, 2.05) is 0 Å². The van der Waals surface area contributed by atoms with Crippen LogP contribution in [0.1, 0.15) is 11.3 Å². The van der Waals surface area contributed by atoms with E-state index < -0.39 is 11.8 Å².